The number of halogens is 1. The van der Waals surface area contributed by atoms with Crippen LogP contribution in [0.2, 0.25) is 0 Å². The lowest BCUT2D eigenvalue weighted by atomic mass is 9.88. The van der Waals surface area contributed by atoms with Crippen molar-refractivity contribution in [2.45, 2.75) is 44.1 Å². The lowest BCUT2D eigenvalue weighted by Crippen LogP contribution is -2.44. The molecule has 1 saturated carbocycles. The number of carbonyl (C=O) groups is 2. The largest absolute Gasteiger partial charge is 0.351 e. The van der Waals surface area contributed by atoms with E-state index in [-0.39, 0.29) is 23.2 Å². The lowest BCUT2D eigenvalue weighted by Gasteiger charge is -2.31. The lowest BCUT2D eigenvalue weighted by molar-refractivity contribution is -0.123. The first kappa shape index (κ1) is 18.6. The summed E-state index contributed by atoms with van der Waals surface area (Å²) in [5.41, 5.74) is 0.584. The van der Waals surface area contributed by atoms with E-state index in [4.69, 9.17) is 0 Å². The maximum absolute atomic E-state index is 13.2. The zero-order valence-corrected chi connectivity index (χ0v) is 15.4. The first-order chi connectivity index (χ1) is 12.6. The molecule has 0 saturated heterocycles. The molecular formula is C20H23FN2O2S. The Kier molecular flexibility index (Phi) is 6.04. The molecule has 1 fully saturated rings. The molecule has 1 aliphatic rings. The van der Waals surface area contributed by atoms with Gasteiger partial charge in [-0.15, -0.1) is 11.3 Å². The van der Waals surface area contributed by atoms with E-state index in [1.807, 2.05) is 11.4 Å². The Hall–Kier alpha value is -2.21. The number of nitrogens with one attached hydrogen (secondary N) is 2. The van der Waals surface area contributed by atoms with Gasteiger partial charge in [0.15, 0.2) is 0 Å². The molecule has 0 radical (unpaired) electrons. The fourth-order valence-electron chi connectivity index (χ4n) is 3.51. The van der Waals surface area contributed by atoms with E-state index in [0.29, 0.717) is 24.3 Å². The van der Waals surface area contributed by atoms with Crippen LogP contribution in [0.5, 0.6) is 0 Å². The molecule has 1 heterocycles. The quantitative estimate of drug-likeness (QED) is 0.720. The molecule has 0 atom stereocenters. The summed E-state index contributed by atoms with van der Waals surface area (Å²) in [5.74, 6) is -0.393. The summed E-state index contributed by atoms with van der Waals surface area (Å²) < 4.78 is 13.2. The minimum absolute atomic E-state index is 0.0263. The van der Waals surface area contributed by atoms with Gasteiger partial charge in [0.25, 0.3) is 5.91 Å². The predicted octanol–water partition coefficient (Wildman–Crippen LogP) is 3.98. The number of rotatable bonds is 7. The molecule has 138 valence electrons. The summed E-state index contributed by atoms with van der Waals surface area (Å²) in [6.45, 7) is 0.466. The Morgan fingerprint density at radius 3 is 2.50 bits per heavy atom. The highest BCUT2D eigenvalue weighted by Crippen LogP contribution is 2.38. The van der Waals surface area contributed by atoms with Crippen LogP contribution in [0.4, 0.5) is 4.39 Å². The maximum atomic E-state index is 13.2. The van der Waals surface area contributed by atoms with Gasteiger partial charge in [-0.3, -0.25) is 9.59 Å². The van der Waals surface area contributed by atoms with Crippen LogP contribution in [0, 0.1) is 5.82 Å². The number of thiophene rings is 1. The minimum atomic E-state index is -0.384. The zero-order chi connectivity index (χ0) is 18.4. The van der Waals surface area contributed by atoms with Crippen molar-refractivity contribution >= 4 is 23.2 Å². The number of benzene rings is 1. The summed E-state index contributed by atoms with van der Waals surface area (Å²) in [7, 11) is 0. The van der Waals surface area contributed by atoms with Gasteiger partial charge in [0.1, 0.15) is 5.82 Å². The molecule has 0 unspecified atom stereocenters. The van der Waals surface area contributed by atoms with Crippen LogP contribution in [-0.4, -0.2) is 18.4 Å². The summed E-state index contributed by atoms with van der Waals surface area (Å²) in [6.07, 6.45) is 4.79. The summed E-state index contributed by atoms with van der Waals surface area (Å²) in [6, 6.07) is 10.0. The third kappa shape index (κ3) is 4.49. The van der Waals surface area contributed by atoms with Crippen molar-refractivity contribution in [3.63, 3.8) is 0 Å². The second-order valence-corrected chi connectivity index (χ2v) is 7.63. The van der Waals surface area contributed by atoms with Gasteiger partial charge in [0, 0.05) is 13.0 Å². The highest BCUT2D eigenvalue weighted by atomic mass is 32.1. The molecule has 2 N–H and O–H groups in total. The van der Waals surface area contributed by atoms with Crippen LogP contribution >= 0.6 is 11.3 Å². The monoisotopic (exact) mass is 374 g/mol. The smallest absolute Gasteiger partial charge is 0.261 e. The van der Waals surface area contributed by atoms with Crippen LogP contribution in [0.1, 0.15) is 53.8 Å². The van der Waals surface area contributed by atoms with E-state index in [0.717, 1.165) is 31.2 Å². The SMILES string of the molecule is O=C(CCCNC(=O)c1cccs1)NC1(c2ccc(F)cc2)CCCC1. The highest BCUT2D eigenvalue weighted by Gasteiger charge is 2.36. The van der Waals surface area contributed by atoms with E-state index in [1.54, 1.807) is 18.2 Å². The standard InChI is InChI=1S/C20H23FN2O2S/c21-16-9-7-15(8-10-16)20(11-1-2-12-20)23-18(24)6-3-13-22-19(25)17-5-4-14-26-17/h4-5,7-10,14H,1-3,6,11-13H2,(H,22,25)(H,23,24). The third-order valence-electron chi connectivity index (χ3n) is 4.84. The molecule has 26 heavy (non-hydrogen) atoms. The number of amides is 2. The van der Waals surface area contributed by atoms with Crippen LogP contribution in [0.15, 0.2) is 41.8 Å². The normalized spacial score (nSPS) is 15.6. The van der Waals surface area contributed by atoms with E-state index >= 15 is 0 Å². The van der Waals surface area contributed by atoms with Gasteiger partial charge in [0.2, 0.25) is 5.91 Å². The van der Waals surface area contributed by atoms with Crippen molar-refractivity contribution in [3.05, 3.63) is 58.0 Å². The van der Waals surface area contributed by atoms with Crippen molar-refractivity contribution in [2.75, 3.05) is 6.54 Å². The second kappa shape index (κ2) is 8.45. The molecule has 6 heteroatoms. The summed E-state index contributed by atoms with van der Waals surface area (Å²) in [5, 5.41) is 7.86. The predicted molar refractivity (Wildman–Crippen MR) is 101 cm³/mol. The number of carbonyl (C=O) groups excluding carboxylic acids is 2. The highest BCUT2D eigenvalue weighted by molar-refractivity contribution is 7.12. The van der Waals surface area contributed by atoms with E-state index in [1.165, 1.54) is 23.5 Å². The Balaban J connectivity index is 1.49. The molecule has 0 spiro atoms. The second-order valence-electron chi connectivity index (χ2n) is 6.68. The number of hydrogen-bond donors (Lipinski definition) is 2. The van der Waals surface area contributed by atoms with E-state index in [9.17, 15) is 14.0 Å². The van der Waals surface area contributed by atoms with Crippen molar-refractivity contribution in [1.82, 2.24) is 10.6 Å². The van der Waals surface area contributed by atoms with Crippen LogP contribution in [0.25, 0.3) is 0 Å². The Labute approximate surface area is 156 Å². The van der Waals surface area contributed by atoms with Crippen molar-refractivity contribution < 1.29 is 14.0 Å². The molecule has 1 aromatic heterocycles. The Morgan fingerprint density at radius 1 is 1.12 bits per heavy atom. The Morgan fingerprint density at radius 2 is 1.85 bits per heavy atom. The molecule has 0 bridgehead atoms. The molecule has 1 aromatic carbocycles. The van der Waals surface area contributed by atoms with E-state index in [2.05, 4.69) is 10.6 Å². The molecule has 2 amide bonds. The molecular weight excluding hydrogens is 351 g/mol. The average molecular weight is 374 g/mol. The fraction of sp³-hybridized carbons (Fsp3) is 0.400. The summed E-state index contributed by atoms with van der Waals surface area (Å²) >= 11 is 1.40. The maximum Gasteiger partial charge on any atom is 0.261 e. The molecule has 1 aliphatic carbocycles. The van der Waals surface area contributed by atoms with E-state index < -0.39 is 0 Å². The third-order valence-corrected chi connectivity index (χ3v) is 5.71. The van der Waals surface area contributed by atoms with Crippen LogP contribution < -0.4 is 10.6 Å². The van der Waals surface area contributed by atoms with Gasteiger partial charge in [-0.2, -0.15) is 0 Å². The summed E-state index contributed by atoms with van der Waals surface area (Å²) in [4.78, 5) is 25.0. The van der Waals surface area contributed by atoms with Gasteiger partial charge in [-0.1, -0.05) is 31.0 Å². The van der Waals surface area contributed by atoms with Crippen molar-refractivity contribution in [2.24, 2.45) is 0 Å². The van der Waals surface area contributed by atoms with Gasteiger partial charge in [-0.25, -0.2) is 4.39 Å². The molecule has 0 aliphatic heterocycles. The fourth-order valence-corrected chi connectivity index (χ4v) is 4.15. The topological polar surface area (TPSA) is 58.2 Å². The minimum Gasteiger partial charge on any atom is -0.351 e. The first-order valence-corrected chi connectivity index (χ1v) is 9.86. The van der Waals surface area contributed by atoms with Crippen LogP contribution in [0.3, 0.4) is 0 Å². The average Bonchev–Trinajstić information content (AvgIpc) is 3.31. The van der Waals surface area contributed by atoms with Crippen molar-refractivity contribution in [3.8, 4) is 0 Å². The van der Waals surface area contributed by atoms with Crippen molar-refractivity contribution in [1.29, 1.82) is 0 Å². The van der Waals surface area contributed by atoms with Crippen LogP contribution in [-0.2, 0) is 10.3 Å². The first-order valence-electron chi connectivity index (χ1n) is 8.98. The molecule has 3 rings (SSSR count). The van der Waals surface area contributed by atoms with Gasteiger partial charge in [0.05, 0.1) is 10.4 Å². The zero-order valence-electron chi connectivity index (χ0n) is 14.6. The number of hydrogen-bond acceptors (Lipinski definition) is 3. The van der Waals surface area contributed by atoms with Gasteiger partial charge >= 0.3 is 0 Å². The molecule has 4 nitrogen and oxygen atoms in total. The van der Waals surface area contributed by atoms with Gasteiger partial charge in [-0.05, 0) is 48.4 Å². The molecule has 2 aromatic rings. The van der Waals surface area contributed by atoms with Gasteiger partial charge < -0.3 is 10.6 Å². The Bertz CT molecular complexity index is 738.